The second kappa shape index (κ2) is 9.34. The first-order valence-electron chi connectivity index (χ1n) is 8.22. The summed E-state index contributed by atoms with van der Waals surface area (Å²) in [6, 6.07) is 18.7. The molecule has 0 bridgehead atoms. The molecular formula is C19H23NO4S. The van der Waals surface area contributed by atoms with E-state index in [2.05, 4.69) is 0 Å². The van der Waals surface area contributed by atoms with Crippen LogP contribution in [0.15, 0.2) is 60.7 Å². The summed E-state index contributed by atoms with van der Waals surface area (Å²) in [5, 5.41) is 8.91. The lowest BCUT2D eigenvalue weighted by Gasteiger charge is -2.15. The van der Waals surface area contributed by atoms with E-state index in [0.29, 0.717) is 18.4 Å². The largest absolute Gasteiger partial charge is 0.289 e. The van der Waals surface area contributed by atoms with Gasteiger partial charge in [-0.05, 0) is 30.4 Å². The number of benzene rings is 2. The van der Waals surface area contributed by atoms with Crippen LogP contribution in [0.1, 0.15) is 24.0 Å². The molecule has 134 valence electrons. The maximum Gasteiger partial charge on any atom is 0.247 e. The van der Waals surface area contributed by atoms with Gasteiger partial charge in [0, 0.05) is 0 Å². The van der Waals surface area contributed by atoms with Crippen LogP contribution in [0, 0.1) is 5.92 Å². The third-order valence-electron chi connectivity index (χ3n) is 4.03. The third kappa shape index (κ3) is 6.68. The highest BCUT2D eigenvalue weighted by molar-refractivity contribution is 7.90. The van der Waals surface area contributed by atoms with E-state index in [-0.39, 0.29) is 11.5 Å². The van der Waals surface area contributed by atoms with Gasteiger partial charge in [-0.1, -0.05) is 60.7 Å². The second-order valence-corrected chi connectivity index (χ2v) is 8.20. The van der Waals surface area contributed by atoms with Gasteiger partial charge in [-0.2, -0.15) is 0 Å². The molecule has 0 spiro atoms. The molecule has 0 aromatic heterocycles. The van der Waals surface area contributed by atoms with Crippen molar-refractivity contribution in [2.45, 2.75) is 25.0 Å². The van der Waals surface area contributed by atoms with Gasteiger partial charge >= 0.3 is 0 Å². The average Bonchev–Trinajstić information content (AvgIpc) is 2.61. The van der Waals surface area contributed by atoms with Crippen LogP contribution in [0.25, 0.3) is 0 Å². The van der Waals surface area contributed by atoms with Crippen LogP contribution in [0.4, 0.5) is 0 Å². The van der Waals surface area contributed by atoms with E-state index in [1.807, 2.05) is 36.4 Å². The van der Waals surface area contributed by atoms with E-state index in [1.165, 1.54) is 0 Å². The summed E-state index contributed by atoms with van der Waals surface area (Å²) >= 11 is 0. The minimum atomic E-state index is -3.46. The number of carbonyl (C=O) groups excluding carboxylic acids is 1. The van der Waals surface area contributed by atoms with Gasteiger partial charge in [-0.15, -0.1) is 0 Å². The lowest BCUT2D eigenvalue weighted by atomic mass is 10.0. The molecule has 2 aromatic carbocycles. The summed E-state index contributed by atoms with van der Waals surface area (Å²) in [6.45, 7) is 0. The Kier molecular flexibility index (Phi) is 7.16. The minimum absolute atomic E-state index is 0.109. The van der Waals surface area contributed by atoms with Crippen LogP contribution in [-0.4, -0.2) is 25.3 Å². The molecule has 0 heterocycles. The Labute approximate surface area is 148 Å². The van der Waals surface area contributed by atoms with E-state index < -0.39 is 21.7 Å². The van der Waals surface area contributed by atoms with Crippen molar-refractivity contribution in [2.24, 2.45) is 5.92 Å². The van der Waals surface area contributed by atoms with E-state index in [4.69, 9.17) is 5.21 Å². The van der Waals surface area contributed by atoms with Crippen molar-refractivity contribution in [2.75, 3.05) is 5.75 Å². The first kappa shape index (κ1) is 19.1. The Morgan fingerprint density at radius 1 is 0.960 bits per heavy atom. The van der Waals surface area contributed by atoms with Gasteiger partial charge in [0.1, 0.15) is 0 Å². The molecule has 2 aromatic rings. The van der Waals surface area contributed by atoms with Crippen molar-refractivity contribution < 1.29 is 18.4 Å². The number of hydrogen-bond acceptors (Lipinski definition) is 4. The highest BCUT2D eigenvalue weighted by Crippen LogP contribution is 2.16. The molecule has 0 aliphatic rings. The highest BCUT2D eigenvalue weighted by atomic mass is 32.2. The van der Waals surface area contributed by atoms with Crippen molar-refractivity contribution in [3.05, 3.63) is 71.8 Å². The van der Waals surface area contributed by atoms with Crippen molar-refractivity contribution >= 4 is 15.7 Å². The van der Waals surface area contributed by atoms with Gasteiger partial charge in [0.15, 0.2) is 9.84 Å². The normalized spacial score (nSPS) is 12.5. The number of nitrogens with one attached hydrogen (secondary N) is 1. The molecule has 0 saturated heterocycles. The molecule has 0 aliphatic heterocycles. The van der Waals surface area contributed by atoms with Crippen LogP contribution in [0.3, 0.4) is 0 Å². The van der Waals surface area contributed by atoms with Crippen LogP contribution >= 0.6 is 0 Å². The fraction of sp³-hybridized carbons (Fsp3) is 0.316. The number of hydroxylamine groups is 1. The second-order valence-electron chi connectivity index (χ2n) is 6.09. The smallest absolute Gasteiger partial charge is 0.247 e. The summed E-state index contributed by atoms with van der Waals surface area (Å²) in [4.78, 5) is 11.9. The number of aryl methyl sites for hydroxylation is 1. The molecule has 0 aliphatic carbocycles. The topological polar surface area (TPSA) is 83.5 Å². The first-order chi connectivity index (χ1) is 12.0. The maximum absolute atomic E-state index is 12.4. The van der Waals surface area contributed by atoms with Crippen molar-refractivity contribution in [3.63, 3.8) is 0 Å². The number of sulfone groups is 1. The molecule has 1 atom stereocenters. The molecule has 1 unspecified atom stereocenters. The van der Waals surface area contributed by atoms with Gasteiger partial charge < -0.3 is 0 Å². The van der Waals surface area contributed by atoms with Gasteiger partial charge in [-0.3, -0.25) is 10.0 Å². The fourth-order valence-electron chi connectivity index (χ4n) is 2.77. The highest BCUT2D eigenvalue weighted by Gasteiger charge is 2.25. The molecule has 0 fully saturated rings. The zero-order valence-electron chi connectivity index (χ0n) is 14.0. The first-order valence-corrected chi connectivity index (χ1v) is 10.0. The summed E-state index contributed by atoms with van der Waals surface area (Å²) in [6.07, 6.45) is 1.83. The Bertz CT molecular complexity index is 761. The lowest BCUT2D eigenvalue weighted by molar-refractivity contribution is -0.132. The van der Waals surface area contributed by atoms with E-state index in [0.717, 1.165) is 12.0 Å². The monoisotopic (exact) mass is 361 g/mol. The molecule has 25 heavy (non-hydrogen) atoms. The quantitative estimate of drug-likeness (QED) is 0.531. The number of rotatable bonds is 9. The lowest BCUT2D eigenvalue weighted by Crippen LogP contribution is -2.33. The molecule has 5 nitrogen and oxygen atoms in total. The fourth-order valence-corrected chi connectivity index (χ4v) is 4.52. The number of amides is 1. The van der Waals surface area contributed by atoms with Crippen molar-refractivity contribution in [1.29, 1.82) is 0 Å². The SMILES string of the molecule is O=C(NO)C(CCCc1ccccc1)CS(=O)(=O)Cc1ccccc1. The van der Waals surface area contributed by atoms with Gasteiger partial charge in [0.2, 0.25) is 5.91 Å². The summed E-state index contributed by atoms with van der Waals surface area (Å²) in [7, 11) is -3.46. The predicted octanol–water partition coefficient (Wildman–Crippen LogP) is 2.75. The zero-order chi connectivity index (χ0) is 18.1. The van der Waals surface area contributed by atoms with Gasteiger partial charge in [0.05, 0.1) is 17.4 Å². The predicted molar refractivity (Wildman–Crippen MR) is 96.7 cm³/mol. The third-order valence-corrected chi connectivity index (χ3v) is 5.71. The van der Waals surface area contributed by atoms with Gasteiger partial charge in [-0.25, -0.2) is 13.9 Å². The molecular weight excluding hydrogens is 338 g/mol. The molecule has 0 radical (unpaired) electrons. The number of hydrogen-bond donors (Lipinski definition) is 2. The van der Waals surface area contributed by atoms with E-state index >= 15 is 0 Å². The molecule has 0 saturated carbocycles. The van der Waals surface area contributed by atoms with E-state index in [9.17, 15) is 13.2 Å². The molecule has 6 heteroatoms. The van der Waals surface area contributed by atoms with Crippen LogP contribution in [0.5, 0.6) is 0 Å². The van der Waals surface area contributed by atoms with E-state index in [1.54, 1.807) is 29.7 Å². The Morgan fingerprint density at radius 3 is 2.08 bits per heavy atom. The molecule has 2 N–H and O–H groups in total. The zero-order valence-corrected chi connectivity index (χ0v) is 14.8. The van der Waals surface area contributed by atoms with Gasteiger partial charge in [0.25, 0.3) is 0 Å². The summed E-state index contributed by atoms with van der Waals surface area (Å²) in [5.74, 6) is -1.79. The Hall–Kier alpha value is -2.18. The van der Waals surface area contributed by atoms with Crippen LogP contribution < -0.4 is 5.48 Å². The molecule has 1 amide bonds. The summed E-state index contributed by atoms with van der Waals surface area (Å²) in [5.41, 5.74) is 3.42. The minimum Gasteiger partial charge on any atom is -0.289 e. The summed E-state index contributed by atoms with van der Waals surface area (Å²) < 4.78 is 24.8. The van der Waals surface area contributed by atoms with Crippen molar-refractivity contribution in [3.8, 4) is 0 Å². The standard InChI is InChI=1S/C19H23NO4S/c21-19(20-22)18(13-7-12-16-8-3-1-4-9-16)15-25(23,24)14-17-10-5-2-6-11-17/h1-6,8-11,18,22H,7,12-15H2,(H,20,21). The van der Waals surface area contributed by atoms with Crippen molar-refractivity contribution in [1.82, 2.24) is 5.48 Å². The Balaban J connectivity index is 1.95. The Morgan fingerprint density at radius 2 is 1.52 bits per heavy atom. The maximum atomic E-state index is 12.4. The average molecular weight is 361 g/mol. The molecule has 2 rings (SSSR count). The van der Waals surface area contributed by atoms with Crippen LogP contribution in [-0.2, 0) is 26.8 Å². The number of carbonyl (C=O) groups is 1. The van der Waals surface area contributed by atoms with Crippen LogP contribution in [0.2, 0.25) is 0 Å².